The Morgan fingerprint density at radius 1 is 1.44 bits per heavy atom. The van der Waals surface area contributed by atoms with Crippen LogP contribution in [0.5, 0.6) is 6.01 Å². The first-order valence-corrected chi connectivity index (χ1v) is 6.10. The van der Waals surface area contributed by atoms with E-state index >= 15 is 0 Å². The highest BCUT2D eigenvalue weighted by atomic mass is 16.5. The van der Waals surface area contributed by atoms with Crippen LogP contribution >= 0.6 is 0 Å². The monoisotopic (exact) mass is 249 g/mol. The number of aryl methyl sites for hydroxylation is 1. The van der Waals surface area contributed by atoms with Crippen molar-refractivity contribution < 1.29 is 4.74 Å². The standard InChI is InChI=1S/C12H19N5O/c1-8-7-10(11(13)14)16-12(15-8)18-9-3-5-17(2)6-4-9/h7,9H,3-6H2,1-2H3,(H3,13,14). The van der Waals surface area contributed by atoms with Gasteiger partial charge < -0.3 is 15.4 Å². The molecular formula is C12H19N5O. The summed E-state index contributed by atoms with van der Waals surface area (Å²) in [5, 5.41) is 7.40. The summed E-state index contributed by atoms with van der Waals surface area (Å²) >= 11 is 0. The summed E-state index contributed by atoms with van der Waals surface area (Å²) in [4.78, 5) is 10.7. The molecule has 2 rings (SSSR count). The van der Waals surface area contributed by atoms with E-state index in [1.54, 1.807) is 6.07 Å². The molecule has 0 aliphatic carbocycles. The molecule has 1 fully saturated rings. The van der Waals surface area contributed by atoms with E-state index in [-0.39, 0.29) is 11.9 Å². The van der Waals surface area contributed by atoms with Crippen LogP contribution in [0.3, 0.4) is 0 Å². The molecular weight excluding hydrogens is 230 g/mol. The van der Waals surface area contributed by atoms with E-state index in [0.717, 1.165) is 31.6 Å². The third-order valence-corrected chi connectivity index (χ3v) is 3.05. The van der Waals surface area contributed by atoms with Gasteiger partial charge in [0, 0.05) is 18.8 Å². The number of nitrogens with zero attached hydrogens (tertiary/aromatic N) is 3. The molecule has 0 aromatic carbocycles. The first-order chi connectivity index (χ1) is 8.54. The van der Waals surface area contributed by atoms with Gasteiger partial charge in [-0.1, -0.05) is 0 Å². The van der Waals surface area contributed by atoms with Crippen molar-refractivity contribution in [3.63, 3.8) is 0 Å². The number of hydrogen-bond acceptors (Lipinski definition) is 5. The zero-order valence-electron chi connectivity index (χ0n) is 10.8. The first-order valence-electron chi connectivity index (χ1n) is 6.10. The maximum absolute atomic E-state index is 7.40. The van der Waals surface area contributed by atoms with E-state index in [1.165, 1.54) is 0 Å². The second-order valence-corrected chi connectivity index (χ2v) is 4.71. The molecule has 6 nitrogen and oxygen atoms in total. The lowest BCUT2D eigenvalue weighted by atomic mass is 10.1. The SMILES string of the molecule is Cc1cc(C(=N)N)nc(OC2CCN(C)CC2)n1. The van der Waals surface area contributed by atoms with Crippen LogP contribution in [0.1, 0.15) is 24.2 Å². The lowest BCUT2D eigenvalue weighted by molar-refractivity contribution is 0.105. The van der Waals surface area contributed by atoms with Crippen molar-refractivity contribution in [1.82, 2.24) is 14.9 Å². The second kappa shape index (κ2) is 5.30. The fraction of sp³-hybridized carbons (Fsp3) is 0.583. The molecule has 3 N–H and O–H groups in total. The van der Waals surface area contributed by atoms with E-state index in [9.17, 15) is 0 Å². The van der Waals surface area contributed by atoms with Gasteiger partial charge in [-0.05, 0) is 32.9 Å². The van der Waals surface area contributed by atoms with Gasteiger partial charge in [-0.25, -0.2) is 4.98 Å². The number of rotatable bonds is 3. The predicted molar refractivity (Wildman–Crippen MR) is 68.9 cm³/mol. The van der Waals surface area contributed by atoms with Gasteiger partial charge in [-0.15, -0.1) is 0 Å². The Kier molecular flexibility index (Phi) is 3.76. The minimum Gasteiger partial charge on any atom is -0.460 e. The van der Waals surface area contributed by atoms with Crippen LogP contribution in [0, 0.1) is 12.3 Å². The summed E-state index contributed by atoms with van der Waals surface area (Å²) in [6.45, 7) is 3.89. The van der Waals surface area contributed by atoms with Crippen molar-refractivity contribution in [3.05, 3.63) is 17.5 Å². The zero-order chi connectivity index (χ0) is 13.1. The highest BCUT2D eigenvalue weighted by Crippen LogP contribution is 2.15. The van der Waals surface area contributed by atoms with Crippen LogP contribution < -0.4 is 10.5 Å². The lowest BCUT2D eigenvalue weighted by Crippen LogP contribution is -2.36. The smallest absolute Gasteiger partial charge is 0.317 e. The highest BCUT2D eigenvalue weighted by molar-refractivity contribution is 5.93. The molecule has 0 amide bonds. The Bertz CT molecular complexity index is 440. The van der Waals surface area contributed by atoms with Crippen LogP contribution in [0.15, 0.2) is 6.07 Å². The zero-order valence-corrected chi connectivity index (χ0v) is 10.8. The van der Waals surface area contributed by atoms with E-state index in [0.29, 0.717) is 11.7 Å². The Morgan fingerprint density at radius 2 is 2.11 bits per heavy atom. The summed E-state index contributed by atoms with van der Waals surface area (Å²) in [5.41, 5.74) is 6.62. The van der Waals surface area contributed by atoms with Crippen LogP contribution in [0.25, 0.3) is 0 Å². The first kappa shape index (κ1) is 12.8. The topological polar surface area (TPSA) is 88.1 Å². The summed E-state index contributed by atoms with van der Waals surface area (Å²) in [6, 6.07) is 2.01. The quantitative estimate of drug-likeness (QED) is 0.603. The summed E-state index contributed by atoms with van der Waals surface area (Å²) in [5.74, 6) is -0.0614. The minimum atomic E-state index is -0.0614. The molecule has 98 valence electrons. The molecule has 2 heterocycles. The fourth-order valence-corrected chi connectivity index (χ4v) is 1.98. The van der Waals surface area contributed by atoms with Crippen molar-refractivity contribution in [2.45, 2.75) is 25.9 Å². The molecule has 1 aliphatic heterocycles. The Labute approximate surface area is 107 Å². The summed E-state index contributed by atoms with van der Waals surface area (Å²) < 4.78 is 5.77. The predicted octanol–water partition coefficient (Wildman–Crippen LogP) is 0.542. The van der Waals surface area contributed by atoms with Gasteiger partial charge >= 0.3 is 6.01 Å². The molecule has 0 saturated carbocycles. The third-order valence-electron chi connectivity index (χ3n) is 3.05. The molecule has 1 aromatic heterocycles. The normalized spacial score (nSPS) is 17.7. The van der Waals surface area contributed by atoms with Gasteiger partial charge in [0.15, 0.2) is 0 Å². The number of likely N-dealkylation sites (tertiary alicyclic amines) is 1. The van der Waals surface area contributed by atoms with Crippen LogP contribution in [0.4, 0.5) is 0 Å². The molecule has 1 saturated heterocycles. The van der Waals surface area contributed by atoms with Gasteiger partial charge in [-0.3, -0.25) is 5.41 Å². The van der Waals surface area contributed by atoms with Gasteiger partial charge in [0.25, 0.3) is 0 Å². The van der Waals surface area contributed by atoms with Crippen LogP contribution in [0.2, 0.25) is 0 Å². The molecule has 6 heteroatoms. The largest absolute Gasteiger partial charge is 0.460 e. The Balaban J connectivity index is 2.07. The molecule has 0 spiro atoms. The Morgan fingerprint density at radius 3 is 2.72 bits per heavy atom. The maximum Gasteiger partial charge on any atom is 0.317 e. The lowest BCUT2D eigenvalue weighted by Gasteiger charge is -2.28. The number of nitrogen functional groups attached to an aromatic ring is 1. The molecule has 1 aliphatic rings. The molecule has 1 aromatic rings. The van der Waals surface area contributed by atoms with E-state index in [4.69, 9.17) is 15.9 Å². The van der Waals surface area contributed by atoms with Crippen molar-refractivity contribution in [3.8, 4) is 6.01 Å². The van der Waals surface area contributed by atoms with Crippen molar-refractivity contribution >= 4 is 5.84 Å². The number of amidine groups is 1. The van der Waals surface area contributed by atoms with Crippen molar-refractivity contribution in [2.24, 2.45) is 5.73 Å². The average Bonchev–Trinajstić information content (AvgIpc) is 2.31. The van der Waals surface area contributed by atoms with Gasteiger partial charge in [0.05, 0.1) is 0 Å². The maximum atomic E-state index is 7.40. The second-order valence-electron chi connectivity index (χ2n) is 4.71. The number of nitrogens with two attached hydrogens (primary N) is 1. The molecule has 18 heavy (non-hydrogen) atoms. The molecule has 0 atom stereocenters. The molecule has 0 radical (unpaired) electrons. The fourth-order valence-electron chi connectivity index (χ4n) is 1.98. The van der Waals surface area contributed by atoms with Gasteiger partial charge in [0.1, 0.15) is 17.6 Å². The Hall–Kier alpha value is -1.69. The van der Waals surface area contributed by atoms with Crippen molar-refractivity contribution in [1.29, 1.82) is 5.41 Å². The van der Waals surface area contributed by atoms with Gasteiger partial charge in [0.2, 0.25) is 0 Å². The summed E-state index contributed by atoms with van der Waals surface area (Å²) in [6.07, 6.45) is 2.11. The summed E-state index contributed by atoms with van der Waals surface area (Å²) in [7, 11) is 2.10. The van der Waals surface area contributed by atoms with E-state index in [2.05, 4.69) is 21.9 Å². The number of aromatic nitrogens is 2. The molecule has 0 unspecified atom stereocenters. The minimum absolute atomic E-state index is 0.0614. The van der Waals surface area contributed by atoms with Crippen LogP contribution in [-0.4, -0.2) is 46.9 Å². The number of piperidine rings is 1. The third kappa shape index (κ3) is 3.16. The van der Waals surface area contributed by atoms with Crippen molar-refractivity contribution in [2.75, 3.05) is 20.1 Å². The molecule has 0 bridgehead atoms. The van der Waals surface area contributed by atoms with E-state index < -0.39 is 0 Å². The van der Waals surface area contributed by atoms with Crippen LogP contribution in [-0.2, 0) is 0 Å². The highest BCUT2D eigenvalue weighted by Gasteiger charge is 2.19. The van der Waals surface area contributed by atoms with Gasteiger partial charge in [-0.2, -0.15) is 4.98 Å². The average molecular weight is 249 g/mol. The number of hydrogen-bond donors (Lipinski definition) is 2. The van der Waals surface area contributed by atoms with E-state index in [1.807, 2.05) is 6.92 Å². The number of ether oxygens (including phenoxy) is 1. The number of nitrogens with one attached hydrogen (secondary N) is 1.